The first-order valence-electron chi connectivity index (χ1n) is 15.3. The van der Waals surface area contributed by atoms with Crippen molar-refractivity contribution in [3.63, 3.8) is 0 Å². The lowest BCUT2D eigenvalue weighted by Crippen LogP contribution is -2.41. The Kier molecular flexibility index (Phi) is 12.0. The van der Waals surface area contributed by atoms with Gasteiger partial charge in [0.15, 0.2) is 0 Å². The predicted molar refractivity (Wildman–Crippen MR) is 172 cm³/mol. The summed E-state index contributed by atoms with van der Waals surface area (Å²) >= 11 is 0. The Bertz CT molecular complexity index is 1360. The molecule has 2 amide bonds. The molecule has 0 unspecified atom stereocenters. The Hall–Kier alpha value is -4.30. The van der Waals surface area contributed by atoms with Crippen LogP contribution in [0.1, 0.15) is 89.0 Å². The number of carbonyl (C=O) groups is 2. The van der Waals surface area contributed by atoms with Crippen molar-refractivity contribution in [3.8, 4) is 12.1 Å². The van der Waals surface area contributed by atoms with Crippen molar-refractivity contribution in [1.29, 1.82) is 10.5 Å². The summed E-state index contributed by atoms with van der Waals surface area (Å²) in [6.45, 7) is 14.0. The standard InChI is InChI=1S/C18H24N2O2.C18H22N2O2/c2*1-18(2,3)22-17(21)20-12-9-16(10-13-20)15-6-4-14(5-7-15)8-11-19/h4-7,16H,8-10,12-13H2,1-3H3;4-7,9H,8,10,12-13H2,1-3H3. The molecular formula is C36H46N4O4. The quantitative estimate of drug-likeness (QED) is 0.358. The topological polar surface area (TPSA) is 107 Å². The van der Waals surface area contributed by atoms with Crippen LogP contribution in [-0.4, -0.2) is 59.4 Å². The van der Waals surface area contributed by atoms with E-state index in [2.05, 4.69) is 30.3 Å². The first-order chi connectivity index (χ1) is 20.8. The predicted octanol–water partition coefficient (Wildman–Crippen LogP) is 7.64. The van der Waals surface area contributed by atoms with Crippen molar-refractivity contribution in [3.05, 3.63) is 76.9 Å². The lowest BCUT2D eigenvalue weighted by molar-refractivity contribution is 0.0203. The summed E-state index contributed by atoms with van der Waals surface area (Å²) in [5.41, 5.74) is 4.87. The SMILES string of the molecule is CC(C)(C)OC(=O)N1CC=C(c2ccc(CC#N)cc2)CC1.CC(C)(C)OC(=O)N1CCC(c2ccc(CC#N)cc2)CC1. The molecule has 0 spiro atoms. The van der Waals surface area contributed by atoms with E-state index in [1.807, 2.05) is 77.9 Å². The van der Waals surface area contributed by atoms with E-state index in [0.29, 0.717) is 31.8 Å². The fourth-order valence-corrected chi connectivity index (χ4v) is 5.07. The number of likely N-dealkylation sites (tertiary alicyclic amines) is 1. The van der Waals surface area contributed by atoms with Gasteiger partial charge in [-0.15, -0.1) is 0 Å². The maximum atomic E-state index is 12.0. The lowest BCUT2D eigenvalue weighted by atomic mass is 9.89. The van der Waals surface area contributed by atoms with Crippen molar-refractivity contribution >= 4 is 17.8 Å². The highest BCUT2D eigenvalue weighted by molar-refractivity contribution is 5.73. The van der Waals surface area contributed by atoms with Crippen LogP contribution in [0, 0.1) is 22.7 Å². The van der Waals surface area contributed by atoms with Gasteiger partial charge in [-0.1, -0.05) is 54.6 Å². The third-order valence-electron chi connectivity index (χ3n) is 7.35. The van der Waals surface area contributed by atoms with Gasteiger partial charge < -0.3 is 19.3 Å². The zero-order valence-corrected chi connectivity index (χ0v) is 27.1. The van der Waals surface area contributed by atoms with Gasteiger partial charge in [0, 0.05) is 26.2 Å². The van der Waals surface area contributed by atoms with Crippen LogP contribution < -0.4 is 0 Å². The number of hydrogen-bond acceptors (Lipinski definition) is 6. The summed E-state index contributed by atoms with van der Waals surface area (Å²) < 4.78 is 10.8. The third-order valence-corrected chi connectivity index (χ3v) is 7.35. The number of rotatable bonds is 4. The third kappa shape index (κ3) is 11.1. The summed E-state index contributed by atoms with van der Waals surface area (Å²) in [7, 11) is 0. The van der Waals surface area contributed by atoms with E-state index in [1.165, 1.54) is 11.1 Å². The minimum absolute atomic E-state index is 0.213. The van der Waals surface area contributed by atoms with Crippen molar-refractivity contribution in [1.82, 2.24) is 9.80 Å². The number of hydrogen-bond donors (Lipinski definition) is 0. The van der Waals surface area contributed by atoms with Gasteiger partial charge in [0.05, 0.1) is 25.0 Å². The van der Waals surface area contributed by atoms with Crippen molar-refractivity contribution < 1.29 is 19.1 Å². The van der Waals surface area contributed by atoms with E-state index in [0.717, 1.165) is 49.0 Å². The van der Waals surface area contributed by atoms with Crippen LogP contribution in [0.3, 0.4) is 0 Å². The minimum Gasteiger partial charge on any atom is -0.444 e. The van der Waals surface area contributed by atoms with Gasteiger partial charge >= 0.3 is 12.2 Å². The lowest BCUT2D eigenvalue weighted by Gasteiger charge is -2.33. The van der Waals surface area contributed by atoms with E-state index >= 15 is 0 Å². The van der Waals surface area contributed by atoms with Crippen molar-refractivity contribution in [2.24, 2.45) is 0 Å². The van der Waals surface area contributed by atoms with Crippen molar-refractivity contribution in [2.75, 3.05) is 26.2 Å². The highest BCUT2D eigenvalue weighted by Gasteiger charge is 2.27. The highest BCUT2D eigenvalue weighted by Crippen LogP contribution is 2.29. The summed E-state index contributed by atoms with van der Waals surface area (Å²) in [5, 5.41) is 17.4. The molecule has 1 saturated heterocycles. The van der Waals surface area contributed by atoms with E-state index in [1.54, 1.807) is 9.80 Å². The second-order valence-corrected chi connectivity index (χ2v) is 13.3. The average Bonchev–Trinajstić information content (AvgIpc) is 2.97. The largest absolute Gasteiger partial charge is 0.444 e. The molecule has 234 valence electrons. The molecule has 0 N–H and O–H groups in total. The van der Waals surface area contributed by atoms with Gasteiger partial charge in [0.25, 0.3) is 0 Å². The molecule has 0 bridgehead atoms. The van der Waals surface area contributed by atoms with Gasteiger partial charge in [-0.25, -0.2) is 9.59 Å². The molecule has 0 aliphatic carbocycles. The molecule has 2 heterocycles. The molecule has 2 aromatic carbocycles. The Morgan fingerprint density at radius 3 is 1.66 bits per heavy atom. The summed E-state index contributed by atoms with van der Waals surface area (Å²) in [6.07, 6.45) is 5.22. The van der Waals surface area contributed by atoms with Crippen LogP contribution in [-0.2, 0) is 22.3 Å². The molecule has 1 fully saturated rings. The molecule has 2 aliphatic rings. The molecule has 2 aliphatic heterocycles. The van der Waals surface area contributed by atoms with Crippen LogP contribution in [0.2, 0.25) is 0 Å². The van der Waals surface area contributed by atoms with Crippen LogP contribution in [0.15, 0.2) is 54.6 Å². The summed E-state index contributed by atoms with van der Waals surface area (Å²) in [5.74, 6) is 0.481. The fourth-order valence-electron chi connectivity index (χ4n) is 5.07. The summed E-state index contributed by atoms with van der Waals surface area (Å²) in [6, 6.07) is 20.6. The normalized spacial score (nSPS) is 15.6. The number of benzene rings is 2. The average molecular weight is 599 g/mol. The maximum Gasteiger partial charge on any atom is 0.410 e. The fraction of sp³-hybridized carbons (Fsp3) is 0.500. The van der Waals surface area contributed by atoms with Crippen LogP contribution in [0.5, 0.6) is 0 Å². The monoisotopic (exact) mass is 598 g/mol. The van der Waals surface area contributed by atoms with E-state index in [-0.39, 0.29) is 12.2 Å². The first kappa shape index (κ1) is 34.2. The number of piperidine rings is 1. The van der Waals surface area contributed by atoms with Gasteiger partial charge in [-0.3, -0.25) is 0 Å². The number of nitrogens with zero attached hydrogens (tertiary/aromatic N) is 4. The Labute approximate surface area is 262 Å². The summed E-state index contributed by atoms with van der Waals surface area (Å²) in [4.78, 5) is 27.6. The van der Waals surface area contributed by atoms with Gasteiger partial charge in [0.2, 0.25) is 0 Å². The van der Waals surface area contributed by atoms with E-state index in [4.69, 9.17) is 20.0 Å². The molecule has 0 radical (unpaired) electrons. The molecule has 2 aromatic rings. The molecule has 4 rings (SSSR count). The zero-order valence-electron chi connectivity index (χ0n) is 27.1. The second-order valence-electron chi connectivity index (χ2n) is 13.3. The molecule has 0 aromatic heterocycles. The minimum atomic E-state index is -0.461. The molecule has 8 nitrogen and oxygen atoms in total. The first-order valence-corrected chi connectivity index (χ1v) is 15.3. The van der Waals surface area contributed by atoms with Gasteiger partial charge in [0.1, 0.15) is 11.2 Å². The highest BCUT2D eigenvalue weighted by atomic mass is 16.6. The molecule has 0 atom stereocenters. The van der Waals surface area contributed by atoms with Crippen molar-refractivity contribution in [2.45, 2.75) is 90.8 Å². The number of ether oxygens (including phenoxy) is 2. The Morgan fingerprint density at radius 1 is 0.750 bits per heavy atom. The smallest absolute Gasteiger partial charge is 0.410 e. The van der Waals surface area contributed by atoms with Gasteiger partial charge in [-0.05, 0) is 94.5 Å². The Balaban J connectivity index is 0.000000240. The van der Waals surface area contributed by atoms with E-state index < -0.39 is 11.2 Å². The number of carbonyl (C=O) groups excluding carboxylic acids is 2. The van der Waals surface area contributed by atoms with Crippen LogP contribution in [0.25, 0.3) is 5.57 Å². The van der Waals surface area contributed by atoms with Gasteiger partial charge in [-0.2, -0.15) is 10.5 Å². The van der Waals surface area contributed by atoms with E-state index in [9.17, 15) is 9.59 Å². The molecular weight excluding hydrogens is 552 g/mol. The zero-order chi connectivity index (χ0) is 32.3. The van der Waals surface area contributed by atoms with Crippen LogP contribution >= 0.6 is 0 Å². The number of nitriles is 2. The van der Waals surface area contributed by atoms with Crippen LogP contribution in [0.4, 0.5) is 9.59 Å². The maximum absolute atomic E-state index is 12.0. The second kappa shape index (κ2) is 15.4. The number of amides is 2. The molecule has 8 heteroatoms. The molecule has 0 saturated carbocycles. The Morgan fingerprint density at radius 2 is 1.23 bits per heavy atom. The molecule has 44 heavy (non-hydrogen) atoms.